The lowest BCUT2D eigenvalue weighted by Crippen LogP contribution is -2.52. The van der Waals surface area contributed by atoms with Crippen molar-refractivity contribution in [3.8, 4) is 11.8 Å². The van der Waals surface area contributed by atoms with Crippen molar-refractivity contribution < 1.29 is 9.53 Å². The number of nitrogens with zero attached hydrogens (tertiary/aromatic N) is 3. The summed E-state index contributed by atoms with van der Waals surface area (Å²) in [5, 5.41) is 12.1. The van der Waals surface area contributed by atoms with E-state index in [0.29, 0.717) is 11.3 Å². The largest absolute Gasteiger partial charge is 0.488 e. The molecular weight excluding hydrogens is 364 g/mol. The van der Waals surface area contributed by atoms with Gasteiger partial charge in [-0.2, -0.15) is 5.26 Å². The summed E-state index contributed by atoms with van der Waals surface area (Å²) in [4.78, 5) is 18.3. The Morgan fingerprint density at radius 3 is 2.59 bits per heavy atom. The number of aryl methyl sites for hydroxylation is 2. The SMILES string of the molecule is CNC(=O)C1CN(Cc2ccc(CCc3cc(C#N)c(OC(C)C)cn3)cc2)C1. The van der Waals surface area contributed by atoms with Gasteiger partial charge >= 0.3 is 0 Å². The molecule has 0 atom stereocenters. The van der Waals surface area contributed by atoms with Crippen molar-refractivity contribution in [3.63, 3.8) is 0 Å². The van der Waals surface area contributed by atoms with Gasteiger partial charge in [0.15, 0.2) is 5.75 Å². The molecule has 29 heavy (non-hydrogen) atoms. The Kier molecular flexibility index (Phi) is 6.84. The first-order valence-electron chi connectivity index (χ1n) is 10.1. The minimum absolute atomic E-state index is 0.0132. The van der Waals surface area contributed by atoms with E-state index >= 15 is 0 Å². The maximum atomic E-state index is 11.6. The number of pyridine rings is 1. The monoisotopic (exact) mass is 392 g/mol. The number of ether oxygens (including phenoxy) is 1. The molecule has 2 heterocycles. The number of hydrogen-bond acceptors (Lipinski definition) is 5. The molecule has 1 N–H and O–H groups in total. The fourth-order valence-electron chi connectivity index (χ4n) is 3.47. The summed E-state index contributed by atoms with van der Waals surface area (Å²) in [6.07, 6.45) is 3.30. The van der Waals surface area contributed by atoms with Gasteiger partial charge in [0.1, 0.15) is 6.07 Å². The van der Waals surface area contributed by atoms with E-state index < -0.39 is 0 Å². The van der Waals surface area contributed by atoms with Crippen molar-refractivity contribution in [3.05, 3.63) is 58.9 Å². The summed E-state index contributed by atoms with van der Waals surface area (Å²) in [5.41, 5.74) is 3.92. The number of nitrogens with one attached hydrogen (secondary N) is 1. The number of carbonyl (C=O) groups excluding carboxylic acids is 1. The van der Waals surface area contributed by atoms with Crippen LogP contribution < -0.4 is 10.1 Å². The molecule has 152 valence electrons. The van der Waals surface area contributed by atoms with E-state index in [1.807, 2.05) is 19.9 Å². The van der Waals surface area contributed by atoms with Crippen LogP contribution in [0.1, 0.15) is 36.2 Å². The first kappa shape index (κ1) is 20.8. The zero-order valence-corrected chi connectivity index (χ0v) is 17.3. The van der Waals surface area contributed by atoms with Crippen LogP contribution >= 0.6 is 0 Å². The number of hydrogen-bond donors (Lipinski definition) is 1. The average Bonchev–Trinajstić information content (AvgIpc) is 2.69. The Hall–Kier alpha value is -2.91. The Labute approximate surface area is 172 Å². The summed E-state index contributed by atoms with van der Waals surface area (Å²) in [6.45, 7) is 6.38. The highest BCUT2D eigenvalue weighted by molar-refractivity contribution is 5.79. The van der Waals surface area contributed by atoms with Crippen LogP contribution in [0.3, 0.4) is 0 Å². The molecule has 1 aliphatic rings. The van der Waals surface area contributed by atoms with Gasteiger partial charge in [0.25, 0.3) is 0 Å². The van der Waals surface area contributed by atoms with E-state index in [0.717, 1.165) is 38.2 Å². The van der Waals surface area contributed by atoms with Crippen molar-refractivity contribution in [2.45, 2.75) is 39.3 Å². The zero-order valence-electron chi connectivity index (χ0n) is 17.3. The molecule has 1 amide bonds. The standard InChI is InChI=1S/C23H28N4O2/c1-16(2)29-22-12-26-21(10-19(22)11-24)9-8-17-4-6-18(7-5-17)13-27-14-20(15-27)23(28)25-3/h4-7,10,12,16,20H,8-9,13-15H2,1-3H3,(H,25,28). The van der Waals surface area contributed by atoms with Crippen LogP contribution in [0, 0.1) is 17.2 Å². The van der Waals surface area contributed by atoms with Gasteiger partial charge in [0, 0.05) is 32.4 Å². The minimum Gasteiger partial charge on any atom is -0.488 e. The maximum absolute atomic E-state index is 11.6. The van der Waals surface area contributed by atoms with E-state index in [2.05, 4.69) is 45.5 Å². The van der Waals surface area contributed by atoms with Crippen LogP contribution in [-0.2, 0) is 24.2 Å². The van der Waals surface area contributed by atoms with Crippen molar-refractivity contribution >= 4 is 5.91 Å². The molecule has 1 aromatic heterocycles. The van der Waals surface area contributed by atoms with E-state index in [1.54, 1.807) is 13.2 Å². The summed E-state index contributed by atoms with van der Waals surface area (Å²) >= 11 is 0. The lowest BCUT2D eigenvalue weighted by atomic mass is 9.98. The predicted molar refractivity (Wildman–Crippen MR) is 111 cm³/mol. The van der Waals surface area contributed by atoms with Gasteiger partial charge in [0.05, 0.1) is 23.8 Å². The fraction of sp³-hybridized carbons (Fsp3) is 0.435. The smallest absolute Gasteiger partial charge is 0.225 e. The van der Waals surface area contributed by atoms with Gasteiger partial charge in [0.2, 0.25) is 5.91 Å². The number of benzene rings is 1. The molecule has 1 aliphatic heterocycles. The van der Waals surface area contributed by atoms with Crippen molar-refractivity contribution in [1.29, 1.82) is 5.26 Å². The number of aromatic nitrogens is 1. The van der Waals surface area contributed by atoms with Crippen LogP contribution in [0.15, 0.2) is 36.5 Å². The molecule has 1 aromatic carbocycles. The van der Waals surface area contributed by atoms with Gasteiger partial charge in [-0.3, -0.25) is 14.7 Å². The van der Waals surface area contributed by atoms with Crippen LogP contribution in [0.4, 0.5) is 0 Å². The Bertz CT molecular complexity index is 881. The summed E-state index contributed by atoms with van der Waals surface area (Å²) in [7, 11) is 1.69. The highest BCUT2D eigenvalue weighted by atomic mass is 16.5. The second-order valence-corrected chi connectivity index (χ2v) is 7.77. The molecule has 0 radical (unpaired) electrons. The van der Waals surface area contributed by atoms with Gasteiger partial charge in [-0.05, 0) is 43.9 Å². The number of amides is 1. The van der Waals surface area contributed by atoms with Crippen molar-refractivity contribution in [2.24, 2.45) is 5.92 Å². The van der Waals surface area contributed by atoms with E-state index in [9.17, 15) is 10.1 Å². The van der Waals surface area contributed by atoms with Crippen molar-refractivity contribution in [2.75, 3.05) is 20.1 Å². The number of nitriles is 1. The Morgan fingerprint density at radius 1 is 1.28 bits per heavy atom. The average molecular weight is 393 g/mol. The first-order valence-corrected chi connectivity index (χ1v) is 10.1. The van der Waals surface area contributed by atoms with E-state index in [-0.39, 0.29) is 17.9 Å². The second-order valence-electron chi connectivity index (χ2n) is 7.77. The Morgan fingerprint density at radius 2 is 1.97 bits per heavy atom. The molecule has 6 nitrogen and oxygen atoms in total. The molecule has 0 bridgehead atoms. The Balaban J connectivity index is 1.50. The minimum atomic E-state index is 0.0132. The quantitative estimate of drug-likeness (QED) is 0.747. The molecule has 0 spiro atoms. The van der Waals surface area contributed by atoms with E-state index in [1.165, 1.54) is 11.1 Å². The number of likely N-dealkylation sites (tertiary alicyclic amines) is 1. The van der Waals surface area contributed by atoms with Crippen LogP contribution in [0.5, 0.6) is 5.75 Å². The zero-order chi connectivity index (χ0) is 20.8. The highest BCUT2D eigenvalue weighted by Gasteiger charge is 2.31. The van der Waals surface area contributed by atoms with Gasteiger partial charge in [-0.1, -0.05) is 24.3 Å². The van der Waals surface area contributed by atoms with Crippen molar-refractivity contribution in [1.82, 2.24) is 15.2 Å². The van der Waals surface area contributed by atoms with Gasteiger partial charge in [-0.25, -0.2) is 0 Å². The molecule has 0 saturated carbocycles. The normalized spacial score (nSPS) is 14.3. The van der Waals surface area contributed by atoms with Crippen LogP contribution in [-0.4, -0.2) is 42.0 Å². The maximum Gasteiger partial charge on any atom is 0.225 e. The van der Waals surface area contributed by atoms with Gasteiger partial charge in [-0.15, -0.1) is 0 Å². The molecule has 0 unspecified atom stereocenters. The topological polar surface area (TPSA) is 78.2 Å². The predicted octanol–water partition coefficient (Wildman–Crippen LogP) is 2.70. The molecule has 1 fully saturated rings. The summed E-state index contributed by atoms with van der Waals surface area (Å²) in [6, 6.07) is 12.6. The summed E-state index contributed by atoms with van der Waals surface area (Å²) < 4.78 is 5.63. The van der Waals surface area contributed by atoms with Crippen LogP contribution in [0.2, 0.25) is 0 Å². The second kappa shape index (κ2) is 9.53. The third kappa shape index (κ3) is 5.55. The lowest BCUT2D eigenvalue weighted by molar-refractivity contribution is -0.129. The third-order valence-electron chi connectivity index (χ3n) is 5.08. The first-order chi connectivity index (χ1) is 14.0. The van der Waals surface area contributed by atoms with Gasteiger partial charge < -0.3 is 10.1 Å². The summed E-state index contributed by atoms with van der Waals surface area (Å²) in [5.74, 6) is 0.802. The number of carbonyl (C=O) groups is 1. The lowest BCUT2D eigenvalue weighted by Gasteiger charge is -2.38. The molecule has 2 aromatic rings. The molecule has 6 heteroatoms. The highest BCUT2D eigenvalue weighted by Crippen LogP contribution is 2.21. The molecular formula is C23H28N4O2. The third-order valence-corrected chi connectivity index (χ3v) is 5.08. The molecule has 1 saturated heterocycles. The van der Waals surface area contributed by atoms with E-state index in [4.69, 9.17) is 4.74 Å². The molecule has 3 rings (SSSR count). The fourth-order valence-corrected chi connectivity index (χ4v) is 3.47. The number of rotatable bonds is 8. The van der Waals surface area contributed by atoms with Crippen LogP contribution in [0.25, 0.3) is 0 Å². The molecule has 0 aliphatic carbocycles.